The Morgan fingerprint density at radius 1 is 1.11 bits per heavy atom. The van der Waals surface area contributed by atoms with Crippen LogP contribution in [0.5, 0.6) is 11.5 Å². The highest BCUT2D eigenvalue weighted by Gasteiger charge is 2.15. The van der Waals surface area contributed by atoms with Gasteiger partial charge >= 0.3 is 0 Å². The summed E-state index contributed by atoms with van der Waals surface area (Å²) in [5.74, 6) is 1.39. The largest absolute Gasteiger partial charge is 0.497 e. The minimum Gasteiger partial charge on any atom is -0.497 e. The Bertz CT molecular complexity index is 998. The van der Waals surface area contributed by atoms with Gasteiger partial charge in [-0.25, -0.2) is 8.42 Å². The highest BCUT2D eigenvalue weighted by Crippen LogP contribution is 2.20. The first kappa shape index (κ1) is 18.8. The zero-order valence-corrected chi connectivity index (χ0v) is 15.9. The fourth-order valence-electron chi connectivity index (χ4n) is 2.56. The lowest BCUT2D eigenvalue weighted by molar-refractivity contribution is 0.340. The highest BCUT2D eigenvalue weighted by atomic mass is 32.2. The molecular weight excluding hydrogens is 366 g/mol. The van der Waals surface area contributed by atoms with Crippen LogP contribution in [-0.2, 0) is 16.6 Å². The van der Waals surface area contributed by atoms with E-state index in [4.69, 9.17) is 9.47 Å². The number of ether oxygens (including phenoxy) is 2. The first-order valence-electron chi connectivity index (χ1n) is 8.41. The van der Waals surface area contributed by atoms with Crippen LogP contribution in [0.15, 0.2) is 65.8 Å². The van der Waals surface area contributed by atoms with E-state index in [1.165, 1.54) is 18.3 Å². The van der Waals surface area contributed by atoms with Crippen molar-refractivity contribution in [2.75, 3.05) is 18.4 Å². The summed E-state index contributed by atoms with van der Waals surface area (Å²) in [7, 11) is -2.08. The van der Waals surface area contributed by atoms with Crippen LogP contribution in [0.1, 0.15) is 12.5 Å². The van der Waals surface area contributed by atoms with Crippen molar-refractivity contribution in [2.45, 2.75) is 18.4 Å². The van der Waals surface area contributed by atoms with Crippen molar-refractivity contribution < 1.29 is 17.9 Å². The number of aromatic nitrogens is 2. The molecule has 0 fully saturated rings. The summed E-state index contributed by atoms with van der Waals surface area (Å²) in [4.78, 5) is 0.159. The molecule has 0 unspecified atom stereocenters. The lowest BCUT2D eigenvalue weighted by atomic mass is 10.2. The van der Waals surface area contributed by atoms with E-state index in [2.05, 4.69) is 9.82 Å². The molecular formula is C19H21N3O4S. The highest BCUT2D eigenvalue weighted by molar-refractivity contribution is 7.92. The molecule has 7 nitrogen and oxygen atoms in total. The second kappa shape index (κ2) is 8.13. The monoisotopic (exact) mass is 387 g/mol. The Balaban J connectivity index is 1.70. The molecule has 3 aromatic rings. The topological polar surface area (TPSA) is 82.5 Å². The summed E-state index contributed by atoms with van der Waals surface area (Å²) in [6.45, 7) is 2.90. The number of sulfonamides is 1. The molecule has 0 saturated heterocycles. The maximum absolute atomic E-state index is 12.5. The summed E-state index contributed by atoms with van der Waals surface area (Å²) in [6.07, 6.45) is 3.12. The van der Waals surface area contributed by atoms with E-state index in [0.29, 0.717) is 24.6 Å². The van der Waals surface area contributed by atoms with Crippen LogP contribution >= 0.6 is 0 Å². The zero-order valence-electron chi connectivity index (χ0n) is 15.1. The van der Waals surface area contributed by atoms with Gasteiger partial charge in [-0.3, -0.25) is 9.40 Å². The Kier molecular flexibility index (Phi) is 5.66. The number of hydrogen-bond acceptors (Lipinski definition) is 5. The lowest BCUT2D eigenvalue weighted by Gasteiger charge is -2.07. The average molecular weight is 387 g/mol. The van der Waals surface area contributed by atoms with E-state index in [1.54, 1.807) is 30.1 Å². The summed E-state index contributed by atoms with van der Waals surface area (Å²) in [5.41, 5.74) is 1.39. The molecule has 0 aliphatic rings. The minimum atomic E-state index is -3.69. The molecule has 0 radical (unpaired) electrons. The Morgan fingerprint density at radius 2 is 1.89 bits per heavy atom. The molecule has 0 spiro atoms. The van der Waals surface area contributed by atoms with Crippen molar-refractivity contribution in [3.05, 3.63) is 66.5 Å². The third-order valence-corrected chi connectivity index (χ3v) is 5.21. The maximum atomic E-state index is 12.5. The van der Waals surface area contributed by atoms with E-state index < -0.39 is 10.0 Å². The van der Waals surface area contributed by atoms with Gasteiger partial charge < -0.3 is 9.47 Å². The second-order valence-electron chi connectivity index (χ2n) is 5.79. The zero-order chi connectivity index (χ0) is 19.3. The van der Waals surface area contributed by atoms with E-state index in [-0.39, 0.29) is 4.90 Å². The van der Waals surface area contributed by atoms with Gasteiger partial charge in [0.25, 0.3) is 10.0 Å². The van der Waals surface area contributed by atoms with E-state index in [1.807, 2.05) is 31.2 Å². The number of rotatable bonds is 8. The fraction of sp³-hybridized carbons (Fsp3) is 0.211. The van der Waals surface area contributed by atoms with Gasteiger partial charge in [0.05, 0.1) is 37.0 Å². The van der Waals surface area contributed by atoms with Gasteiger partial charge in [-0.05, 0) is 48.9 Å². The molecule has 0 aliphatic heterocycles. The molecule has 1 heterocycles. The molecule has 0 saturated carbocycles. The van der Waals surface area contributed by atoms with Gasteiger partial charge in [0.2, 0.25) is 0 Å². The summed E-state index contributed by atoms with van der Waals surface area (Å²) in [6, 6.07) is 13.9. The first-order valence-corrected chi connectivity index (χ1v) is 9.89. The van der Waals surface area contributed by atoms with Crippen LogP contribution in [0.2, 0.25) is 0 Å². The first-order chi connectivity index (χ1) is 13.0. The lowest BCUT2D eigenvalue weighted by Crippen LogP contribution is -2.12. The van der Waals surface area contributed by atoms with Crippen molar-refractivity contribution >= 4 is 15.7 Å². The summed E-state index contributed by atoms with van der Waals surface area (Å²) in [5, 5.41) is 4.21. The number of hydrogen-bond donors (Lipinski definition) is 1. The molecule has 1 N–H and O–H groups in total. The minimum absolute atomic E-state index is 0.159. The number of nitrogens with zero attached hydrogens (tertiary/aromatic N) is 2. The Labute approximate surface area is 158 Å². The molecule has 0 aliphatic carbocycles. The average Bonchev–Trinajstić information content (AvgIpc) is 3.08. The van der Waals surface area contributed by atoms with Crippen molar-refractivity contribution in [3.63, 3.8) is 0 Å². The van der Waals surface area contributed by atoms with E-state index in [0.717, 1.165) is 11.3 Å². The number of benzene rings is 2. The van der Waals surface area contributed by atoms with Crippen molar-refractivity contribution in [1.82, 2.24) is 9.78 Å². The van der Waals surface area contributed by atoms with Crippen LogP contribution in [0.4, 0.5) is 5.69 Å². The Hall–Kier alpha value is -3.00. The fourth-order valence-corrected chi connectivity index (χ4v) is 3.58. The van der Waals surface area contributed by atoms with Crippen LogP contribution in [-0.4, -0.2) is 31.9 Å². The SMILES string of the molecule is CCOc1ccc(S(=O)(=O)Nc2cnn(Cc3cccc(OC)c3)c2)cc1. The van der Waals surface area contributed by atoms with Gasteiger partial charge in [0.15, 0.2) is 0 Å². The van der Waals surface area contributed by atoms with Crippen molar-refractivity contribution in [1.29, 1.82) is 0 Å². The van der Waals surface area contributed by atoms with Gasteiger partial charge in [-0.15, -0.1) is 0 Å². The smallest absolute Gasteiger partial charge is 0.261 e. The van der Waals surface area contributed by atoms with Crippen LogP contribution in [0.25, 0.3) is 0 Å². The number of anilines is 1. The molecule has 1 aromatic heterocycles. The predicted octanol–water partition coefficient (Wildman–Crippen LogP) is 3.14. The van der Waals surface area contributed by atoms with Gasteiger partial charge in [0, 0.05) is 6.20 Å². The molecule has 2 aromatic carbocycles. The van der Waals surface area contributed by atoms with Crippen LogP contribution < -0.4 is 14.2 Å². The normalized spacial score (nSPS) is 11.2. The van der Waals surface area contributed by atoms with Crippen molar-refractivity contribution in [2.24, 2.45) is 0 Å². The van der Waals surface area contributed by atoms with E-state index in [9.17, 15) is 8.42 Å². The molecule has 0 atom stereocenters. The summed E-state index contributed by atoms with van der Waals surface area (Å²) < 4.78 is 39.8. The number of methoxy groups -OCH3 is 1. The second-order valence-corrected chi connectivity index (χ2v) is 7.47. The maximum Gasteiger partial charge on any atom is 0.261 e. The Morgan fingerprint density at radius 3 is 2.59 bits per heavy atom. The third kappa shape index (κ3) is 4.79. The van der Waals surface area contributed by atoms with Gasteiger partial charge in [-0.2, -0.15) is 5.10 Å². The quantitative estimate of drug-likeness (QED) is 0.642. The predicted molar refractivity (Wildman–Crippen MR) is 103 cm³/mol. The van der Waals surface area contributed by atoms with E-state index >= 15 is 0 Å². The molecule has 0 bridgehead atoms. The molecule has 27 heavy (non-hydrogen) atoms. The number of nitrogens with one attached hydrogen (secondary N) is 1. The third-order valence-electron chi connectivity index (χ3n) is 3.81. The standard InChI is InChI=1S/C19H21N3O4S/c1-3-26-17-7-9-19(10-8-17)27(23,24)21-16-12-20-22(14-16)13-15-5-4-6-18(11-15)25-2/h4-12,14,21H,3,13H2,1-2H3. The van der Waals surface area contributed by atoms with Gasteiger partial charge in [0.1, 0.15) is 11.5 Å². The molecule has 8 heteroatoms. The van der Waals surface area contributed by atoms with Gasteiger partial charge in [-0.1, -0.05) is 12.1 Å². The van der Waals surface area contributed by atoms with Crippen LogP contribution in [0, 0.1) is 0 Å². The summed E-state index contributed by atoms with van der Waals surface area (Å²) >= 11 is 0. The molecule has 0 amide bonds. The molecule has 142 valence electrons. The van der Waals surface area contributed by atoms with Crippen LogP contribution in [0.3, 0.4) is 0 Å². The van der Waals surface area contributed by atoms with Crippen molar-refractivity contribution in [3.8, 4) is 11.5 Å². The molecule has 3 rings (SSSR count).